The maximum Gasteiger partial charge on any atom is 0.191 e. The fraction of sp³-hybridized carbons (Fsp3) is 0.632. The van der Waals surface area contributed by atoms with Crippen LogP contribution in [0.15, 0.2) is 23.2 Å². The topological polar surface area (TPSA) is 58.1 Å². The van der Waals surface area contributed by atoms with E-state index in [4.69, 9.17) is 9.47 Å². The number of nitrogens with zero attached hydrogens (tertiary/aromatic N) is 2. The Labute approximate surface area is 152 Å². The molecule has 0 saturated carbocycles. The third-order valence-electron chi connectivity index (χ3n) is 3.72. The fourth-order valence-electron chi connectivity index (χ4n) is 2.30. The van der Waals surface area contributed by atoms with E-state index in [0.29, 0.717) is 6.54 Å². The van der Waals surface area contributed by atoms with Crippen molar-refractivity contribution in [3.05, 3.63) is 29.3 Å². The molecule has 1 aromatic carbocycles. The summed E-state index contributed by atoms with van der Waals surface area (Å²) in [5.74, 6) is 1.72. The van der Waals surface area contributed by atoms with Gasteiger partial charge in [0.25, 0.3) is 0 Å². The van der Waals surface area contributed by atoms with Crippen LogP contribution in [0.25, 0.3) is 0 Å². The average Bonchev–Trinajstić information content (AvgIpc) is 2.56. The quantitative estimate of drug-likeness (QED) is 0.499. The van der Waals surface area contributed by atoms with Crippen molar-refractivity contribution in [1.82, 2.24) is 15.5 Å². The van der Waals surface area contributed by atoms with Gasteiger partial charge < -0.3 is 25.0 Å². The molecule has 0 aliphatic carbocycles. The number of hydrogen-bond acceptors (Lipinski definition) is 4. The third kappa shape index (κ3) is 8.74. The highest BCUT2D eigenvalue weighted by Crippen LogP contribution is 2.21. The van der Waals surface area contributed by atoms with Crippen LogP contribution in [-0.2, 0) is 11.3 Å². The van der Waals surface area contributed by atoms with Crippen molar-refractivity contribution in [3.8, 4) is 5.75 Å². The Balaban J connectivity index is 2.49. The van der Waals surface area contributed by atoms with Gasteiger partial charge in [0.15, 0.2) is 5.96 Å². The van der Waals surface area contributed by atoms with Gasteiger partial charge in [0, 0.05) is 45.9 Å². The molecule has 0 fully saturated rings. The second-order valence-electron chi connectivity index (χ2n) is 6.43. The maximum absolute atomic E-state index is 5.92. The molecule has 0 spiro atoms. The lowest BCUT2D eigenvalue weighted by Crippen LogP contribution is -2.41. The summed E-state index contributed by atoms with van der Waals surface area (Å²) in [6, 6.07) is 6.29. The molecule has 1 rings (SSSR count). The molecule has 0 heterocycles. The molecule has 6 heteroatoms. The van der Waals surface area contributed by atoms with Gasteiger partial charge in [-0.25, -0.2) is 0 Å². The molecule has 0 aliphatic heterocycles. The van der Waals surface area contributed by atoms with Crippen LogP contribution in [0.1, 0.15) is 25.0 Å². The first kappa shape index (κ1) is 21.3. The summed E-state index contributed by atoms with van der Waals surface area (Å²) in [6.07, 6.45) is 0.153. The molecule has 0 aliphatic rings. The van der Waals surface area contributed by atoms with Crippen LogP contribution in [0.2, 0.25) is 0 Å². The molecule has 0 amide bonds. The first-order valence-corrected chi connectivity index (χ1v) is 8.84. The number of hydrogen-bond donors (Lipinski definition) is 2. The molecule has 0 unspecified atom stereocenters. The molecule has 0 saturated heterocycles. The highest BCUT2D eigenvalue weighted by molar-refractivity contribution is 5.79. The van der Waals surface area contributed by atoms with Crippen molar-refractivity contribution >= 4 is 5.96 Å². The predicted molar refractivity (Wildman–Crippen MR) is 105 cm³/mol. The summed E-state index contributed by atoms with van der Waals surface area (Å²) < 4.78 is 11.0. The Morgan fingerprint density at radius 1 is 1.24 bits per heavy atom. The van der Waals surface area contributed by atoms with E-state index in [2.05, 4.69) is 52.7 Å². The van der Waals surface area contributed by atoms with Gasteiger partial charge in [-0.3, -0.25) is 4.99 Å². The molecule has 0 radical (unpaired) electrons. The number of aliphatic imine (C=N–C) groups is 1. The molecule has 0 atom stereocenters. The van der Waals surface area contributed by atoms with Gasteiger partial charge in [0.2, 0.25) is 0 Å². The van der Waals surface area contributed by atoms with Crippen LogP contribution < -0.4 is 15.4 Å². The number of aryl methyl sites for hydroxylation is 1. The Bertz CT molecular complexity index is 532. The first-order valence-electron chi connectivity index (χ1n) is 8.84. The number of nitrogens with one attached hydrogen (secondary N) is 2. The van der Waals surface area contributed by atoms with E-state index in [9.17, 15) is 0 Å². The Kier molecular flexibility index (Phi) is 9.96. The zero-order chi connectivity index (χ0) is 18.7. The predicted octanol–water partition coefficient (Wildman–Crippen LogP) is 2.03. The summed E-state index contributed by atoms with van der Waals surface area (Å²) in [5, 5.41) is 6.69. The Morgan fingerprint density at radius 2 is 2.00 bits per heavy atom. The summed E-state index contributed by atoms with van der Waals surface area (Å²) in [6.45, 7) is 10.2. The number of likely N-dealkylation sites (N-methyl/N-ethyl adjacent to an activating group) is 1. The monoisotopic (exact) mass is 350 g/mol. The highest BCUT2D eigenvalue weighted by Gasteiger charge is 2.07. The summed E-state index contributed by atoms with van der Waals surface area (Å²) in [4.78, 5) is 6.50. The second kappa shape index (κ2) is 11.7. The van der Waals surface area contributed by atoms with Crippen molar-refractivity contribution < 1.29 is 9.47 Å². The van der Waals surface area contributed by atoms with E-state index in [-0.39, 0.29) is 6.10 Å². The zero-order valence-electron chi connectivity index (χ0n) is 16.6. The molecule has 2 N–H and O–H groups in total. The minimum Gasteiger partial charge on any atom is -0.491 e. The molecular formula is C19H34N4O2. The van der Waals surface area contributed by atoms with Gasteiger partial charge in [0.1, 0.15) is 5.75 Å². The van der Waals surface area contributed by atoms with Gasteiger partial charge in [-0.2, -0.15) is 0 Å². The Morgan fingerprint density at radius 3 is 2.64 bits per heavy atom. The highest BCUT2D eigenvalue weighted by atomic mass is 16.5. The van der Waals surface area contributed by atoms with E-state index >= 15 is 0 Å². The SMILES string of the molecule is CN=C(NCCN(C)CCOC)NCc1ccc(C)cc1OC(C)C. The first-order chi connectivity index (χ1) is 12.0. The van der Waals surface area contributed by atoms with Crippen molar-refractivity contribution in [1.29, 1.82) is 0 Å². The van der Waals surface area contributed by atoms with Crippen LogP contribution in [0.5, 0.6) is 5.75 Å². The van der Waals surface area contributed by atoms with Gasteiger partial charge in [-0.1, -0.05) is 12.1 Å². The number of benzene rings is 1. The van der Waals surface area contributed by atoms with Gasteiger partial charge >= 0.3 is 0 Å². The summed E-state index contributed by atoms with van der Waals surface area (Å²) in [5.41, 5.74) is 2.32. The van der Waals surface area contributed by atoms with Gasteiger partial charge in [0.05, 0.1) is 12.7 Å². The smallest absolute Gasteiger partial charge is 0.191 e. The lowest BCUT2D eigenvalue weighted by atomic mass is 10.1. The van der Waals surface area contributed by atoms with E-state index < -0.39 is 0 Å². The molecule has 0 aromatic heterocycles. The number of methoxy groups -OCH3 is 1. The number of ether oxygens (including phenoxy) is 2. The molecule has 142 valence electrons. The van der Waals surface area contributed by atoms with E-state index in [1.54, 1.807) is 14.2 Å². The van der Waals surface area contributed by atoms with Crippen molar-refractivity contribution in [2.45, 2.75) is 33.4 Å². The normalized spacial score (nSPS) is 11.9. The molecule has 6 nitrogen and oxygen atoms in total. The minimum absolute atomic E-state index is 0.153. The maximum atomic E-state index is 5.92. The lowest BCUT2D eigenvalue weighted by Gasteiger charge is -2.19. The van der Waals surface area contributed by atoms with Crippen molar-refractivity contribution in [2.75, 3.05) is 47.4 Å². The van der Waals surface area contributed by atoms with Gasteiger partial charge in [-0.15, -0.1) is 0 Å². The van der Waals surface area contributed by atoms with Crippen LogP contribution in [0.4, 0.5) is 0 Å². The van der Waals surface area contributed by atoms with Crippen LogP contribution >= 0.6 is 0 Å². The largest absolute Gasteiger partial charge is 0.491 e. The van der Waals surface area contributed by atoms with Crippen molar-refractivity contribution in [3.63, 3.8) is 0 Å². The van der Waals surface area contributed by atoms with Crippen molar-refractivity contribution in [2.24, 2.45) is 4.99 Å². The number of guanidine groups is 1. The average molecular weight is 351 g/mol. The summed E-state index contributed by atoms with van der Waals surface area (Å²) in [7, 11) is 5.59. The van der Waals surface area contributed by atoms with E-state index in [1.165, 1.54) is 5.56 Å². The molecular weight excluding hydrogens is 316 g/mol. The molecule has 0 bridgehead atoms. The molecule has 1 aromatic rings. The Hall–Kier alpha value is -1.79. The minimum atomic E-state index is 0.153. The molecule has 25 heavy (non-hydrogen) atoms. The van der Waals surface area contributed by atoms with E-state index in [1.807, 2.05) is 13.8 Å². The summed E-state index contributed by atoms with van der Waals surface area (Å²) >= 11 is 0. The van der Waals surface area contributed by atoms with Crippen LogP contribution in [0.3, 0.4) is 0 Å². The fourth-order valence-corrected chi connectivity index (χ4v) is 2.30. The van der Waals surface area contributed by atoms with Gasteiger partial charge in [-0.05, 0) is 39.4 Å². The lowest BCUT2D eigenvalue weighted by molar-refractivity contribution is 0.162. The zero-order valence-corrected chi connectivity index (χ0v) is 16.6. The van der Waals surface area contributed by atoms with Crippen LogP contribution in [0, 0.1) is 6.92 Å². The second-order valence-corrected chi connectivity index (χ2v) is 6.43. The standard InChI is InChI=1S/C19H34N4O2/c1-15(2)25-18-13-16(3)7-8-17(18)14-22-19(20-4)21-9-10-23(5)11-12-24-6/h7-8,13,15H,9-12,14H2,1-6H3,(H2,20,21,22). The van der Waals surface area contributed by atoms with E-state index in [0.717, 1.165) is 43.5 Å². The number of rotatable bonds is 10. The third-order valence-corrected chi connectivity index (χ3v) is 3.72. The van der Waals surface area contributed by atoms with Crippen LogP contribution in [-0.4, -0.2) is 64.4 Å².